The first kappa shape index (κ1) is 12.6. The van der Waals surface area contributed by atoms with Gasteiger partial charge >= 0.3 is 0 Å². The number of Topliss-reactive ketones (excluding diaryl/α,β-unsaturated/α-hetero) is 1. The van der Waals surface area contributed by atoms with Crippen molar-refractivity contribution in [2.75, 3.05) is 5.75 Å². The van der Waals surface area contributed by atoms with Crippen LogP contribution in [0.5, 0.6) is 0 Å². The average Bonchev–Trinajstić information content (AvgIpc) is 2.06. The van der Waals surface area contributed by atoms with Gasteiger partial charge in [0.15, 0.2) is 0 Å². The largest absolute Gasteiger partial charge is 0.299 e. The Morgan fingerprint density at radius 1 is 1.27 bits per heavy atom. The van der Waals surface area contributed by atoms with E-state index >= 15 is 0 Å². The summed E-state index contributed by atoms with van der Waals surface area (Å²) in [5.74, 6) is -0.00998. The second-order valence-electron chi connectivity index (χ2n) is 4.54. The molecule has 0 radical (unpaired) electrons. The van der Waals surface area contributed by atoms with Crippen LogP contribution in [0.3, 0.4) is 0 Å². The summed E-state index contributed by atoms with van der Waals surface area (Å²) in [5, 5.41) is 0. The highest BCUT2D eigenvalue weighted by molar-refractivity contribution is 7.90. The minimum Gasteiger partial charge on any atom is -0.299 e. The fraction of sp³-hybridized carbons (Fsp3) is 0.900. The Balaban J connectivity index is 2.44. The predicted molar refractivity (Wildman–Crippen MR) is 59.0 cm³/mol. The second-order valence-corrected chi connectivity index (χ2v) is 6.29. The minimum absolute atomic E-state index is 0.0329. The van der Waals surface area contributed by atoms with Crippen LogP contribution in [0.15, 0.2) is 0 Å². The van der Waals surface area contributed by atoms with Crippen LogP contribution in [-0.2, 0) is 14.8 Å². The average molecular weight is 233 g/mol. The fourth-order valence-electron chi connectivity index (χ4n) is 1.94. The highest BCUT2D eigenvalue weighted by Crippen LogP contribution is 2.23. The van der Waals surface area contributed by atoms with E-state index < -0.39 is 10.0 Å². The molecule has 4 nitrogen and oxygen atoms in total. The van der Waals surface area contributed by atoms with Gasteiger partial charge in [-0.2, -0.15) is 0 Å². The summed E-state index contributed by atoms with van der Waals surface area (Å²) in [4.78, 5) is 10.7. The van der Waals surface area contributed by atoms with Crippen LogP contribution in [-0.4, -0.2) is 26.0 Å². The number of sulfonamides is 1. The molecule has 0 bridgehead atoms. The van der Waals surface area contributed by atoms with Crippen LogP contribution in [0.4, 0.5) is 0 Å². The summed E-state index contributed by atoms with van der Waals surface area (Å²) in [6.45, 7) is 3.47. The van der Waals surface area contributed by atoms with Crippen LogP contribution >= 0.6 is 0 Å². The van der Waals surface area contributed by atoms with E-state index in [0.29, 0.717) is 5.92 Å². The summed E-state index contributed by atoms with van der Waals surface area (Å²) in [7, 11) is -3.40. The third-order valence-corrected chi connectivity index (χ3v) is 4.23. The second kappa shape index (κ2) is 5.07. The van der Waals surface area contributed by atoms with Crippen LogP contribution in [0, 0.1) is 5.92 Å². The zero-order valence-electron chi connectivity index (χ0n) is 9.32. The lowest BCUT2D eigenvalue weighted by molar-refractivity contribution is -0.114. The minimum atomic E-state index is -3.40. The van der Waals surface area contributed by atoms with Crippen LogP contribution in [0.25, 0.3) is 0 Å². The number of hydrogen-bond donors (Lipinski definition) is 1. The molecule has 0 atom stereocenters. The number of hydrogen-bond acceptors (Lipinski definition) is 3. The van der Waals surface area contributed by atoms with E-state index in [0.717, 1.165) is 25.7 Å². The lowest BCUT2D eigenvalue weighted by atomic mass is 9.88. The molecule has 0 aliphatic heterocycles. The van der Waals surface area contributed by atoms with E-state index in [1.54, 1.807) is 0 Å². The highest BCUT2D eigenvalue weighted by atomic mass is 32.2. The van der Waals surface area contributed by atoms with E-state index in [9.17, 15) is 13.2 Å². The molecular formula is C10H19NO3S. The van der Waals surface area contributed by atoms with Crippen molar-refractivity contribution in [3.63, 3.8) is 0 Å². The first-order valence-electron chi connectivity index (χ1n) is 5.38. The van der Waals surface area contributed by atoms with Crippen LogP contribution in [0.2, 0.25) is 0 Å². The molecule has 1 N–H and O–H groups in total. The van der Waals surface area contributed by atoms with Gasteiger partial charge in [0, 0.05) is 6.04 Å². The van der Waals surface area contributed by atoms with Crippen molar-refractivity contribution in [2.24, 2.45) is 5.92 Å². The Bertz CT molecular complexity index is 316. The Morgan fingerprint density at radius 2 is 1.80 bits per heavy atom. The summed E-state index contributed by atoms with van der Waals surface area (Å²) >= 11 is 0. The highest BCUT2D eigenvalue weighted by Gasteiger charge is 2.23. The maximum absolute atomic E-state index is 11.5. The summed E-state index contributed by atoms with van der Waals surface area (Å²) in [6.07, 6.45) is 3.90. The van der Waals surface area contributed by atoms with E-state index in [2.05, 4.69) is 11.6 Å². The third kappa shape index (κ3) is 4.75. The zero-order chi connectivity index (χ0) is 11.5. The summed E-state index contributed by atoms with van der Waals surface area (Å²) < 4.78 is 25.5. The Labute approximate surface area is 91.5 Å². The predicted octanol–water partition coefficient (Wildman–Crippen LogP) is 1.07. The van der Waals surface area contributed by atoms with Crippen LogP contribution in [0.1, 0.15) is 39.5 Å². The van der Waals surface area contributed by atoms with Gasteiger partial charge in [-0.3, -0.25) is 4.79 Å². The topological polar surface area (TPSA) is 63.2 Å². The van der Waals surface area contributed by atoms with Crippen molar-refractivity contribution < 1.29 is 13.2 Å². The Morgan fingerprint density at radius 3 is 2.27 bits per heavy atom. The lowest BCUT2D eigenvalue weighted by Crippen LogP contribution is -2.39. The van der Waals surface area contributed by atoms with Crippen LogP contribution < -0.4 is 4.72 Å². The maximum Gasteiger partial charge on any atom is 0.218 e. The molecule has 0 aromatic rings. The molecule has 0 spiro atoms. The number of ketones is 1. The molecule has 1 aliphatic rings. The molecule has 88 valence electrons. The van der Waals surface area contributed by atoms with Gasteiger partial charge in [0.2, 0.25) is 10.0 Å². The smallest absolute Gasteiger partial charge is 0.218 e. The molecule has 1 aliphatic carbocycles. The molecule has 1 fully saturated rings. The molecule has 1 saturated carbocycles. The normalized spacial score (nSPS) is 27.6. The zero-order valence-corrected chi connectivity index (χ0v) is 10.1. The van der Waals surface area contributed by atoms with E-state index in [1.807, 2.05) is 0 Å². The fourth-order valence-corrected chi connectivity index (χ4v) is 3.30. The van der Waals surface area contributed by atoms with Crippen molar-refractivity contribution in [3.05, 3.63) is 0 Å². The van der Waals surface area contributed by atoms with E-state index in [4.69, 9.17) is 0 Å². The number of rotatable bonds is 4. The molecule has 0 aromatic heterocycles. The van der Waals surface area contributed by atoms with Crippen molar-refractivity contribution >= 4 is 15.8 Å². The SMILES string of the molecule is CC(=O)CS(=O)(=O)NC1CCC(C)CC1. The van der Waals surface area contributed by atoms with Crippen molar-refractivity contribution in [1.29, 1.82) is 0 Å². The number of carbonyl (C=O) groups excluding carboxylic acids is 1. The molecular weight excluding hydrogens is 214 g/mol. The van der Waals surface area contributed by atoms with Gasteiger partial charge in [-0.25, -0.2) is 13.1 Å². The van der Waals surface area contributed by atoms with Crippen molar-refractivity contribution in [1.82, 2.24) is 4.72 Å². The van der Waals surface area contributed by atoms with Gasteiger partial charge in [-0.05, 0) is 38.5 Å². The van der Waals surface area contributed by atoms with Gasteiger partial charge in [-0.1, -0.05) is 6.92 Å². The monoisotopic (exact) mass is 233 g/mol. The first-order chi connectivity index (χ1) is 6.89. The van der Waals surface area contributed by atoms with E-state index in [1.165, 1.54) is 6.92 Å². The molecule has 15 heavy (non-hydrogen) atoms. The number of nitrogens with one attached hydrogen (secondary N) is 1. The third-order valence-electron chi connectivity index (χ3n) is 2.76. The molecule has 5 heteroatoms. The number of carbonyl (C=O) groups is 1. The molecule has 0 aromatic carbocycles. The van der Waals surface area contributed by atoms with Gasteiger partial charge in [0.1, 0.15) is 11.5 Å². The molecule has 0 saturated heterocycles. The molecule has 0 heterocycles. The van der Waals surface area contributed by atoms with Gasteiger partial charge in [-0.15, -0.1) is 0 Å². The van der Waals surface area contributed by atoms with Gasteiger partial charge < -0.3 is 0 Å². The van der Waals surface area contributed by atoms with Crippen molar-refractivity contribution in [3.8, 4) is 0 Å². The first-order valence-corrected chi connectivity index (χ1v) is 7.04. The van der Waals surface area contributed by atoms with Crippen molar-refractivity contribution in [2.45, 2.75) is 45.6 Å². The molecule has 0 unspecified atom stereocenters. The Hall–Kier alpha value is -0.420. The summed E-state index contributed by atoms with van der Waals surface area (Å²) in [5.41, 5.74) is 0. The van der Waals surface area contributed by atoms with Gasteiger partial charge in [0.05, 0.1) is 0 Å². The maximum atomic E-state index is 11.5. The van der Waals surface area contributed by atoms with Gasteiger partial charge in [0.25, 0.3) is 0 Å². The molecule has 1 rings (SSSR count). The molecule has 0 amide bonds. The standard InChI is InChI=1S/C10H19NO3S/c1-8-3-5-10(6-4-8)11-15(13,14)7-9(2)12/h8,10-11H,3-7H2,1-2H3. The van der Waals surface area contributed by atoms with E-state index in [-0.39, 0.29) is 17.6 Å². The quantitative estimate of drug-likeness (QED) is 0.790. The lowest BCUT2D eigenvalue weighted by Gasteiger charge is -2.26. The Kier molecular flexibility index (Phi) is 4.28. The summed E-state index contributed by atoms with van der Waals surface area (Å²) in [6, 6.07) is 0.0329.